The predicted octanol–water partition coefficient (Wildman–Crippen LogP) is 3.46. The number of halogens is 3. The minimum absolute atomic E-state index is 0. The molecule has 1 aromatic rings. The summed E-state index contributed by atoms with van der Waals surface area (Å²) in [5.74, 6) is 0.664. The lowest BCUT2D eigenvalue weighted by Crippen LogP contribution is -2.33. The SMILES string of the molecule is Cl.O=C(CC1CCNCC1)NCCc1ccc(Cl)cc1Cl. The normalized spacial score (nSPS) is 15.3. The first-order valence-corrected chi connectivity index (χ1v) is 7.82. The number of rotatable bonds is 5. The van der Waals surface area contributed by atoms with E-state index in [1.165, 1.54) is 0 Å². The molecule has 1 aliphatic rings. The molecule has 1 fully saturated rings. The highest BCUT2D eigenvalue weighted by atomic mass is 35.5. The fourth-order valence-electron chi connectivity index (χ4n) is 2.48. The summed E-state index contributed by atoms with van der Waals surface area (Å²) in [6, 6.07) is 5.46. The second-order valence-electron chi connectivity index (χ2n) is 5.23. The molecule has 2 rings (SSSR count). The molecule has 0 atom stereocenters. The van der Waals surface area contributed by atoms with Gasteiger partial charge in [-0.15, -0.1) is 12.4 Å². The van der Waals surface area contributed by atoms with Gasteiger partial charge in [0.15, 0.2) is 0 Å². The molecule has 1 heterocycles. The molecule has 6 heteroatoms. The van der Waals surface area contributed by atoms with Gasteiger partial charge >= 0.3 is 0 Å². The van der Waals surface area contributed by atoms with Crippen LogP contribution in [0.25, 0.3) is 0 Å². The van der Waals surface area contributed by atoms with E-state index in [0.29, 0.717) is 28.9 Å². The van der Waals surface area contributed by atoms with Crippen LogP contribution in [-0.2, 0) is 11.2 Å². The Morgan fingerprint density at radius 1 is 1.29 bits per heavy atom. The van der Waals surface area contributed by atoms with Gasteiger partial charge in [-0.3, -0.25) is 4.79 Å². The Balaban J connectivity index is 0.00000220. The molecule has 3 nitrogen and oxygen atoms in total. The number of hydrogen-bond acceptors (Lipinski definition) is 2. The number of hydrogen-bond donors (Lipinski definition) is 2. The van der Waals surface area contributed by atoms with Crippen molar-refractivity contribution < 1.29 is 4.79 Å². The van der Waals surface area contributed by atoms with Crippen molar-refractivity contribution in [3.63, 3.8) is 0 Å². The van der Waals surface area contributed by atoms with Crippen LogP contribution in [0.2, 0.25) is 10.0 Å². The van der Waals surface area contributed by atoms with Crippen LogP contribution in [0.1, 0.15) is 24.8 Å². The average molecular weight is 352 g/mol. The van der Waals surface area contributed by atoms with Crippen LogP contribution >= 0.6 is 35.6 Å². The molecule has 0 aliphatic carbocycles. The van der Waals surface area contributed by atoms with Gasteiger partial charge in [-0.05, 0) is 56.0 Å². The van der Waals surface area contributed by atoms with Crippen molar-refractivity contribution in [2.24, 2.45) is 5.92 Å². The molecule has 0 radical (unpaired) electrons. The average Bonchev–Trinajstić information content (AvgIpc) is 2.42. The summed E-state index contributed by atoms with van der Waals surface area (Å²) in [4.78, 5) is 11.9. The molecular weight excluding hydrogens is 331 g/mol. The summed E-state index contributed by atoms with van der Waals surface area (Å²) < 4.78 is 0. The zero-order valence-corrected chi connectivity index (χ0v) is 14.2. The molecule has 1 amide bonds. The second-order valence-corrected chi connectivity index (χ2v) is 6.08. The van der Waals surface area contributed by atoms with E-state index in [1.54, 1.807) is 6.07 Å². The van der Waals surface area contributed by atoms with Crippen molar-refractivity contribution in [3.05, 3.63) is 33.8 Å². The lowest BCUT2D eigenvalue weighted by atomic mass is 9.94. The van der Waals surface area contributed by atoms with E-state index < -0.39 is 0 Å². The minimum atomic E-state index is 0. The van der Waals surface area contributed by atoms with Crippen molar-refractivity contribution in [2.75, 3.05) is 19.6 Å². The van der Waals surface area contributed by atoms with E-state index in [1.807, 2.05) is 12.1 Å². The van der Waals surface area contributed by atoms with E-state index in [0.717, 1.165) is 37.9 Å². The molecule has 0 spiro atoms. The van der Waals surface area contributed by atoms with Crippen molar-refractivity contribution in [3.8, 4) is 0 Å². The lowest BCUT2D eigenvalue weighted by Gasteiger charge is -2.21. The summed E-state index contributed by atoms with van der Waals surface area (Å²) in [6.07, 6.45) is 3.55. The number of carbonyl (C=O) groups is 1. The molecule has 1 saturated heterocycles. The van der Waals surface area contributed by atoms with Gasteiger partial charge in [0.1, 0.15) is 0 Å². The maximum Gasteiger partial charge on any atom is 0.220 e. The van der Waals surface area contributed by atoms with E-state index in [-0.39, 0.29) is 18.3 Å². The van der Waals surface area contributed by atoms with Crippen molar-refractivity contribution >= 4 is 41.5 Å². The van der Waals surface area contributed by atoms with Crippen LogP contribution in [-0.4, -0.2) is 25.5 Å². The van der Waals surface area contributed by atoms with Gasteiger partial charge in [0.05, 0.1) is 0 Å². The molecular formula is C15H21Cl3N2O. The van der Waals surface area contributed by atoms with Gasteiger partial charge in [0.2, 0.25) is 5.91 Å². The largest absolute Gasteiger partial charge is 0.356 e. The van der Waals surface area contributed by atoms with E-state index in [4.69, 9.17) is 23.2 Å². The van der Waals surface area contributed by atoms with Gasteiger partial charge in [-0.25, -0.2) is 0 Å². The standard InChI is InChI=1S/C15H20Cl2N2O.ClH/c16-13-2-1-12(14(17)10-13)5-8-19-15(20)9-11-3-6-18-7-4-11;/h1-2,10-11,18H,3-9H2,(H,19,20);1H. The highest BCUT2D eigenvalue weighted by molar-refractivity contribution is 6.35. The number of benzene rings is 1. The van der Waals surface area contributed by atoms with E-state index in [9.17, 15) is 4.79 Å². The molecule has 0 unspecified atom stereocenters. The monoisotopic (exact) mass is 350 g/mol. The van der Waals surface area contributed by atoms with Crippen molar-refractivity contribution in [2.45, 2.75) is 25.7 Å². The van der Waals surface area contributed by atoms with Gasteiger partial charge in [0.25, 0.3) is 0 Å². The fourth-order valence-corrected chi connectivity index (χ4v) is 2.98. The van der Waals surface area contributed by atoms with E-state index >= 15 is 0 Å². The van der Waals surface area contributed by atoms with Gasteiger partial charge in [-0.1, -0.05) is 29.3 Å². The number of nitrogens with one attached hydrogen (secondary N) is 2. The molecule has 0 saturated carbocycles. The second kappa shape index (κ2) is 9.52. The van der Waals surface area contributed by atoms with Crippen molar-refractivity contribution in [1.29, 1.82) is 0 Å². The Morgan fingerprint density at radius 2 is 2.00 bits per heavy atom. The zero-order valence-electron chi connectivity index (χ0n) is 11.8. The molecule has 2 N–H and O–H groups in total. The topological polar surface area (TPSA) is 41.1 Å². The summed E-state index contributed by atoms with van der Waals surface area (Å²) in [5, 5.41) is 7.57. The Kier molecular flexibility index (Phi) is 8.42. The zero-order chi connectivity index (χ0) is 14.4. The van der Waals surface area contributed by atoms with Crippen LogP contribution in [0.3, 0.4) is 0 Å². The summed E-state index contributed by atoms with van der Waals surface area (Å²) in [7, 11) is 0. The van der Waals surface area contributed by atoms with Gasteiger partial charge in [-0.2, -0.15) is 0 Å². The third-order valence-corrected chi connectivity index (χ3v) is 4.25. The fraction of sp³-hybridized carbons (Fsp3) is 0.533. The first-order valence-electron chi connectivity index (χ1n) is 7.06. The molecule has 1 aliphatic heterocycles. The van der Waals surface area contributed by atoms with Crippen LogP contribution in [0, 0.1) is 5.92 Å². The molecule has 0 aromatic heterocycles. The molecule has 0 bridgehead atoms. The number of carbonyl (C=O) groups excluding carboxylic acids is 1. The third-order valence-electron chi connectivity index (χ3n) is 3.66. The van der Waals surface area contributed by atoms with Gasteiger partial charge in [0, 0.05) is 23.0 Å². The lowest BCUT2D eigenvalue weighted by molar-refractivity contribution is -0.122. The van der Waals surface area contributed by atoms with E-state index in [2.05, 4.69) is 10.6 Å². The third kappa shape index (κ3) is 6.43. The first-order chi connectivity index (χ1) is 9.65. The summed E-state index contributed by atoms with van der Waals surface area (Å²) >= 11 is 11.9. The number of amides is 1. The molecule has 118 valence electrons. The number of piperidine rings is 1. The van der Waals surface area contributed by atoms with Gasteiger partial charge < -0.3 is 10.6 Å². The first kappa shape index (κ1) is 18.6. The predicted molar refractivity (Wildman–Crippen MR) is 90.6 cm³/mol. The summed E-state index contributed by atoms with van der Waals surface area (Å²) in [5.41, 5.74) is 1.01. The highest BCUT2D eigenvalue weighted by Gasteiger charge is 2.16. The smallest absolute Gasteiger partial charge is 0.220 e. The van der Waals surface area contributed by atoms with Crippen LogP contribution < -0.4 is 10.6 Å². The Labute approximate surface area is 142 Å². The van der Waals surface area contributed by atoms with Crippen LogP contribution in [0.15, 0.2) is 18.2 Å². The highest BCUT2D eigenvalue weighted by Crippen LogP contribution is 2.21. The Bertz CT molecular complexity index is 462. The van der Waals surface area contributed by atoms with Crippen LogP contribution in [0.5, 0.6) is 0 Å². The minimum Gasteiger partial charge on any atom is -0.356 e. The maximum atomic E-state index is 11.9. The van der Waals surface area contributed by atoms with Crippen LogP contribution in [0.4, 0.5) is 0 Å². The Hall–Kier alpha value is -0.480. The van der Waals surface area contributed by atoms with Crippen molar-refractivity contribution in [1.82, 2.24) is 10.6 Å². The Morgan fingerprint density at radius 3 is 2.67 bits per heavy atom. The summed E-state index contributed by atoms with van der Waals surface area (Å²) in [6.45, 7) is 2.67. The quantitative estimate of drug-likeness (QED) is 0.853. The maximum absolute atomic E-state index is 11.9. The molecule has 1 aromatic carbocycles. The molecule has 21 heavy (non-hydrogen) atoms.